The van der Waals surface area contributed by atoms with Crippen LogP contribution in [0.1, 0.15) is 24.0 Å². The van der Waals surface area contributed by atoms with E-state index in [1.54, 1.807) is 12.1 Å². The van der Waals surface area contributed by atoms with Crippen molar-refractivity contribution in [1.29, 1.82) is 0 Å². The molecule has 1 atom stereocenters. The van der Waals surface area contributed by atoms with Gasteiger partial charge in [0.1, 0.15) is 16.4 Å². The van der Waals surface area contributed by atoms with E-state index in [1.807, 2.05) is 25.1 Å². The second-order valence-electron chi connectivity index (χ2n) is 5.91. The first kappa shape index (κ1) is 16.8. The van der Waals surface area contributed by atoms with Crippen molar-refractivity contribution in [1.82, 2.24) is 4.31 Å². The molecule has 6 heteroatoms. The molecule has 3 rings (SSSR count). The third-order valence-corrected chi connectivity index (χ3v) is 6.23. The molecule has 0 fully saturated rings. The molecule has 1 heterocycles. The van der Waals surface area contributed by atoms with Crippen LogP contribution < -0.4 is 9.47 Å². The minimum absolute atomic E-state index is 0.135. The van der Waals surface area contributed by atoms with Gasteiger partial charge in [-0.2, -0.15) is 4.31 Å². The number of fused-ring (bicyclic) bond motifs is 1. The maximum Gasteiger partial charge on any atom is 0.247 e. The minimum Gasteiger partial charge on any atom is -0.497 e. The SMILES string of the molecule is COc1ccc(OC)c(S(=O)(=O)N2Cc3ccccc3C(C)C2)c1. The molecule has 24 heavy (non-hydrogen) atoms. The number of methoxy groups -OCH3 is 2. The van der Waals surface area contributed by atoms with Crippen LogP contribution in [0.5, 0.6) is 11.5 Å². The third-order valence-electron chi connectivity index (χ3n) is 4.40. The molecule has 5 nitrogen and oxygen atoms in total. The highest BCUT2D eigenvalue weighted by atomic mass is 32.2. The van der Waals surface area contributed by atoms with Gasteiger partial charge in [0.25, 0.3) is 0 Å². The smallest absolute Gasteiger partial charge is 0.247 e. The number of nitrogens with zero attached hydrogens (tertiary/aromatic N) is 1. The van der Waals surface area contributed by atoms with Crippen LogP contribution in [0.15, 0.2) is 47.4 Å². The van der Waals surface area contributed by atoms with Gasteiger partial charge >= 0.3 is 0 Å². The number of ether oxygens (including phenoxy) is 2. The molecule has 0 N–H and O–H groups in total. The maximum atomic E-state index is 13.2. The van der Waals surface area contributed by atoms with Crippen LogP contribution in [0.3, 0.4) is 0 Å². The molecule has 128 valence electrons. The van der Waals surface area contributed by atoms with Gasteiger partial charge in [-0.15, -0.1) is 0 Å². The normalized spacial score (nSPS) is 18.0. The number of rotatable bonds is 4. The highest BCUT2D eigenvalue weighted by Gasteiger charge is 2.33. The first-order valence-electron chi connectivity index (χ1n) is 7.77. The fourth-order valence-corrected chi connectivity index (χ4v) is 4.80. The van der Waals surface area contributed by atoms with Crippen LogP contribution >= 0.6 is 0 Å². The van der Waals surface area contributed by atoms with Crippen LogP contribution in [0.25, 0.3) is 0 Å². The summed E-state index contributed by atoms with van der Waals surface area (Å²) in [6.07, 6.45) is 0. The van der Waals surface area contributed by atoms with Crippen molar-refractivity contribution >= 4 is 10.0 Å². The van der Waals surface area contributed by atoms with Gasteiger partial charge in [0, 0.05) is 19.2 Å². The number of sulfonamides is 1. The van der Waals surface area contributed by atoms with Gasteiger partial charge in [-0.1, -0.05) is 31.2 Å². The van der Waals surface area contributed by atoms with Crippen LogP contribution in [0.2, 0.25) is 0 Å². The van der Waals surface area contributed by atoms with Gasteiger partial charge in [-0.25, -0.2) is 8.42 Å². The van der Waals surface area contributed by atoms with Crippen molar-refractivity contribution in [2.24, 2.45) is 0 Å². The first-order valence-corrected chi connectivity index (χ1v) is 9.21. The average molecular weight is 347 g/mol. The lowest BCUT2D eigenvalue weighted by Crippen LogP contribution is -2.37. The third kappa shape index (κ3) is 2.87. The molecule has 0 spiro atoms. The van der Waals surface area contributed by atoms with E-state index in [1.165, 1.54) is 30.2 Å². The molecule has 2 aromatic carbocycles. The lowest BCUT2D eigenvalue weighted by molar-refractivity contribution is 0.355. The predicted octanol–water partition coefficient (Wildman–Crippen LogP) is 3.01. The Bertz CT molecular complexity index is 848. The van der Waals surface area contributed by atoms with E-state index in [-0.39, 0.29) is 10.8 Å². The van der Waals surface area contributed by atoms with Crippen LogP contribution in [-0.4, -0.2) is 33.5 Å². The summed E-state index contributed by atoms with van der Waals surface area (Å²) in [5.41, 5.74) is 2.25. The number of benzene rings is 2. The Labute approximate surface area is 142 Å². The fourth-order valence-electron chi connectivity index (χ4n) is 3.13. The molecule has 0 aromatic heterocycles. The maximum absolute atomic E-state index is 13.2. The quantitative estimate of drug-likeness (QED) is 0.853. The molecule has 0 aliphatic carbocycles. The van der Waals surface area contributed by atoms with E-state index in [9.17, 15) is 8.42 Å². The zero-order chi connectivity index (χ0) is 17.3. The van der Waals surface area contributed by atoms with Crippen molar-refractivity contribution in [3.63, 3.8) is 0 Å². The van der Waals surface area contributed by atoms with Gasteiger partial charge in [0.05, 0.1) is 14.2 Å². The lowest BCUT2D eigenvalue weighted by atomic mass is 9.92. The fraction of sp³-hybridized carbons (Fsp3) is 0.333. The van der Waals surface area contributed by atoms with Crippen molar-refractivity contribution in [3.05, 3.63) is 53.6 Å². The molecule has 2 aromatic rings. The molecule has 1 aliphatic rings. The van der Waals surface area contributed by atoms with Crippen LogP contribution in [-0.2, 0) is 16.6 Å². The zero-order valence-electron chi connectivity index (χ0n) is 14.0. The van der Waals surface area contributed by atoms with E-state index < -0.39 is 10.0 Å². The van der Waals surface area contributed by atoms with E-state index in [0.717, 1.165) is 5.56 Å². The summed E-state index contributed by atoms with van der Waals surface area (Å²) >= 11 is 0. The summed E-state index contributed by atoms with van der Waals surface area (Å²) in [6, 6.07) is 12.8. The Morgan fingerprint density at radius 1 is 1.08 bits per heavy atom. The molecule has 0 saturated heterocycles. The second-order valence-corrected chi connectivity index (χ2v) is 7.82. The summed E-state index contributed by atoms with van der Waals surface area (Å²) in [7, 11) is -0.706. The van der Waals surface area contributed by atoms with E-state index in [4.69, 9.17) is 9.47 Å². The molecule has 1 unspecified atom stereocenters. The van der Waals surface area contributed by atoms with Crippen molar-refractivity contribution in [3.8, 4) is 11.5 Å². The van der Waals surface area contributed by atoms with Crippen LogP contribution in [0, 0.1) is 0 Å². The number of hydrogen-bond donors (Lipinski definition) is 0. The van der Waals surface area contributed by atoms with Crippen LogP contribution in [0.4, 0.5) is 0 Å². The van der Waals surface area contributed by atoms with E-state index in [2.05, 4.69) is 6.07 Å². The highest BCUT2D eigenvalue weighted by molar-refractivity contribution is 7.89. The van der Waals surface area contributed by atoms with Gasteiger partial charge in [-0.3, -0.25) is 0 Å². The van der Waals surface area contributed by atoms with Gasteiger partial charge in [0.15, 0.2) is 0 Å². The monoisotopic (exact) mass is 347 g/mol. The summed E-state index contributed by atoms with van der Waals surface area (Å²) < 4.78 is 38.3. The predicted molar refractivity (Wildman–Crippen MR) is 92.0 cm³/mol. The largest absolute Gasteiger partial charge is 0.497 e. The molecular weight excluding hydrogens is 326 g/mol. The summed E-state index contributed by atoms with van der Waals surface area (Å²) in [5, 5.41) is 0. The summed E-state index contributed by atoms with van der Waals surface area (Å²) in [5.74, 6) is 0.948. The summed E-state index contributed by atoms with van der Waals surface area (Å²) in [6.45, 7) is 2.85. The van der Waals surface area contributed by atoms with Crippen molar-refractivity contribution < 1.29 is 17.9 Å². The van der Waals surface area contributed by atoms with Gasteiger partial charge in [0.2, 0.25) is 10.0 Å². The van der Waals surface area contributed by atoms with Gasteiger partial charge in [-0.05, 0) is 29.2 Å². The lowest BCUT2D eigenvalue weighted by Gasteiger charge is -2.32. The summed E-state index contributed by atoms with van der Waals surface area (Å²) in [4.78, 5) is 0.135. The van der Waals surface area contributed by atoms with E-state index in [0.29, 0.717) is 24.6 Å². The molecule has 1 aliphatic heterocycles. The molecule has 0 saturated carbocycles. The van der Waals surface area contributed by atoms with Crippen molar-refractivity contribution in [2.45, 2.75) is 24.3 Å². The topological polar surface area (TPSA) is 55.8 Å². The average Bonchev–Trinajstić information content (AvgIpc) is 2.61. The molecule has 0 bridgehead atoms. The Morgan fingerprint density at radius 3 is 2.54 bits per heavy atom. The number of hydrogen-bond acceptors (Lipinski definition) is 4. The second kappa shape index (κ2) is 6.45. The Morgan fingerprint density at radius 2 is 1.83 bits per heavy atom. The molecule has 0 radical (unpaired) electrons. The minimum atomic E-state index is -3.68. The standard InChI is InChI=1S/C18H21NO4S/c1-13-11-19(12-14-6-4-5-7-16(13)14)24(20,21)18-10-15(22-2)8-9-17(18)23-3/h4-10,13H,11-12H2,1-3H3. The van der Waals surface area contributed by atoms with Crippen molar-refractivity contribution in [2.75, 3.05) is 20.8 Å². The van der Waals surface area contributed by atoms with E-state index >= 15 is 0 Å². The zero-order valence-corrected chi connectivity index (χ0v) is 14.8. The molecule has 0 amide bonds. The molecular formula is C18H21NO4S. The highest BCUT2D eigenvalue weighted by Crippen LogP contribution is 2.35. The Balaban J connectivity index is 2.03. The first-order chi connectivity index (χ1) is 11.5. The van der Waals surface area contributed by atoms with Gasteiger partial charge < -0.3 is 9.47 Å². The Kier molecular flexibility index (Phi) is 4.51. The Hall–Kier alpha value is -2.05.